The number of carbonyl (C=O) groups is 2. The number of anilines is 1. The Hall–Kier alpha value is -2.24. The molecule has 5 nitrogen and oxygen atoms in total. The Bertz CT molecular complexity index is 821. The molecule has 0 aromatic heterocycles. The summed E-state index contributed by atoms with van der Waals surface area (Å²) in [5.74, 6) is 0.271. The molecule has 0 saturated carbocycles. The maximum Gasteiger partial charge on any atom is 0.299 e. The van der Waals surface area contributed by atoms with E-state index in [2.05, 4.69) is 0 Å². The lowest BCUT2D eigenvalue weighted by molar-refractivity contribution is -0.114. The van der Waals surface area contributed by atoms with E-state index < -0.39 is 11.7 Å². The zero-order valence-electron chi connectivity index (χ0n) is 13.4. The summed E-state index contributed by atoms with van der Waals surface area (Å²) in [5.41, 5.74) is 0.670. The van der Waals surface area contributed by atoms with Gasteiger partial charge in [-0.3, -0.25) is 9.59 Å². The van der Waals surface area contributed by atoms with Gasteiger partial charge in [-0.15, -0.1) is 0 Å². The second kappa shape index (κ2) is 7.33. The Balaban J connectivity index is 1.62. The van der Waals surface area contributed by atoms with Crippen molar-refractivity contribution < 1.29 is 19.1 Å². The number of ketones is 1. The molecule has 1 amide bonds. The van der Waals surface area contributed by atoms with Crippen LogP contribution in [0.1, 0.15) is 16.8 Å². The smallest absolute Gasteiger partial charge is 0.299 e. The van der Waals surface area contributed by atoms with Crippen LogP contribution in [0.5, 0.6) is 11.5 Å². The molecule has 0 aliphatic carbocycles. The number of hydrogen-bond donors (Lipinski definition) is 0. The standard InChI is InChI=1S/C18H15Cl2NO4/c1-24-12-3-5-13(6-4-12)25-8-2-7-21-16-14(17(22)18(21)23)9-11(19)10-15(16)20/h3-6,9-10H,2,7-8H2,1H3. The van der Waals surface area contributed by atoms with Crippen LogP contribution in [0.3, 0.4) is 0 Å². The fourth-order valence-corrected chi connectivity index (χ4v) is 3.25. The third kappa shape index (κ3) is 3.57. The van der Waals surface area contributed by atoms with Gasteiger partial charge >= 0.3 is 0 Å². The minimum absolute atomic E-state index is 0.249. The number of nitrogens with zero attached hydrogens (tertiary/aromatic N) is 1. The lowest BCUT2D eigenvalue weighted by atomic mass is 10.1. The van der Waals surface area contributed by atoms with Crippen molar-refractivity contribution in [2.24, 2.45) is 0 Å². The lowest BCUT2D eigenvalue weighted by Crippen LogP contribution is -2.31. The van der Waals surface area contributed by atoms with Crippen molar-refractivity contribution >= 4 is 40.6 Å². The number of ether oxygens (including phenoxy) is 2. The van der Waals surface area contributed by atoms with Gasteiger partial charge in [-0.05, 0) is 42.8 Å². The van der Waals surface area contributed by atoms with Crippen molar-refractivity contribution in [1.29, 1.82) is 0 Å². The second-order valence-electron chi connectivity index (χ2n) is 5.45. The summed E-state index contributed by atoms with van der Waals surface area (Å²) in [5, 5.41) is 0.618. The van der Waals surface area contributed by atoms with Crippen molar-refractivity contribution in [3.8, 4) is 11.5 Å². The van der Waals surface area contributed by atoms with E-state index in [0.29, 0.717) is 36.0 Å². The molecular weight excluding hydrogens is 365 g/mol. The molecule has 1 aliphatic rings. The van der Waals surface area contributed by atoms with Gasteiger partial charge < -0.3 is 14.4 Å². The monoisotopic (exact) mass is 379 g/mol. The second-order valence-corrected chi connectivity index (χ2v) is 6.29. The highest BCUT2D eigenvalue weighted by atomic mass is 35.5. The maximum absolute atomic E-state index is 12.2. The number of carbonyl (C=O) groups excluding carboxylic acids is 2. The molecule has 0 spiro atoms. The first-order valence-corrected chi connectivity index (χ1v) is 8.39. The Morgan fingerprint density at radius 1 is 1.04 bits per heavy atom. The van der Waals surface area contributed by atoms with Crippen LogP contribution in [0, 0.1) is 0 Å². The van der Waals surface area contributed by atoms with Gasteiger partial charge in [0.1, 0.15) is 11.5 Å². The lowest BCUT2D eigenvalue weighted by Gasteiger charge is -2.18. The predicted molar refractivity (Wildman–Crippen MR) is 96.3 cm³/mol. The minimum Gasteiger partial charge on any atom is -0.497 e. The fraction of sp³-hybridized carbons (Fsp3) is 0.222. The Morgan fingerprint density at radius 2 is 1.72 bits per heavy atom. The van der Waals surface area contributed by atoms with E-state index in [-0.39, 0.29) is 10.6 Å². The number of Topliss-reactive ketones (excluding diaryl/α,β-unsaturated/α-hetero) is 1. The topological polar surface area (TPSA) is 55.8 Å². The van der Waals surface area contributed by atoms with E-state index >= 15 is 0 Å². The van der Waals surface area contributed by atoms with Gasteiger partial charge in [0.25, 0.3) is 11.7 Å². The normalized spacial score (nSPS) is 13.2. The van der Waals surface area contributed by atoms with Crippen molar-refractivity contribution in [2.75, 3.05) is 25.2 Å². The molecule has 2 aromatic rings. The van der Waals surface area contributed by atoms with Crippen molar-refractivity contribution in [1.82, 2.24) is 0 Å². The first-order valence-electron chi connectivity index (χ1n) is 7.63. The van der Waals surface area contributed by atoms with Gasteiger partial charge in [-0.2, -0.15) is 0 Å². The molecule has 0 unspecified atom stereocenters. The summed E-state index contributed by atoms with van der Waals surface area (Å²) in [6.45, 7) is 0.722. The molecule has 7 heteroatoms. The quantitative estimate of drug-likeness (QED) is 0.562. The minimum atomic E-state index is -0.594. The van der Waals surface area contributed by atoms with E-state index in [0.717, 1.165) is 5.75 Å². The van der Waals surface area contributed by atoms with Crippen LogP contribution in [-0.4, -0.2) is 32.0 Å². The third-order valence-corrected chi connectivity index (χ3v) is 4.34. The van der Waals surface area contributed by atoms with E-state index in [9.17, 15) is 9.59 Å². The molecule has 2 aromatic carbocycles. The predicted octanol–water partition coefficient (Wildman–Crippen LogP) is 4.00. The largest absolute Gasteiger partial charge is 0.497 e. The molecule has 0 fully saturated rings. The number of rotatable bonds is 6. The molecule has 0 atom stereocenters. The summed E-state index contributed by atoms with van der Waals surface area (Å²) >= 11 is 12.1. The van der Waals surface area contributed by atoms with Gasteiger partial charge in [-0.25, -0.2) is 0 Å². The number of amides is 1. The average molecular weight is 380 g/mol. The summed E-state index contributed by atoms with van der Waals surface area (Å²) in [7, 11) is 1.60. The fourth-order valence-electron chi connectivity index (χ4n) is 2.65. The molecule has 0 saturated heterocycles. The van der Waals surface area contributed by atoms with Crippen LogP contribution in [0.4, 0.5) is 5.69 Å². The molecular formula is C18H15Cl2NO4. The van der Waals surface area contributed by atoms with Crippen molar-refractivity contribution in [3.05, 3.63) is 52.0 Å². The first-order chi connectivity index (χ1) is 12.0. The number of benzene rings is 2. The maximum atomic E-state index is 12.2. The van der Waals surface area contributed by atoms with Crippen LogP contribution < -0.4 is 14.4 Å². The van der Waals surface area contributed by atoms with Gasteiger partial charge in [0.2, 0.25) is 0 Å². The molecule has 1 heterocycles. The van der Waals surface area contributed by atoms with E-state index in [1.165, 1.54) is 17.0 Å². The third-order valence-electron chi connectivity index (χ3n) is 3.84. The number of methoxy groups -OCH3 is 1. The van der Waals surface area contributed by atoms with Crippen LogP contribution >= 0.6 is 23.2 Å². The first kappa shape index (κ1) is 17.6. The van der Waals surface area contributed by atoms with Gasteiger partial charge in [0, 0.05) is 11.6 Å². The molecule has 25 heavy (non-hydrogen) atoms. The van der Waals surface area contributed by atoms with E-state index in [4.69, 9.17) is 32.7 Å². The van der Waals surface area contributed by atoms with Crippen molar-refractivity contribution in [2.45, 2.75) is 6.42 Å². The van der Waals surface area contributed by atoms with Gasteiger partial charge in [0.15, 0.2) is 0 Å². The zero-order chi connectivity index (χ0) is 18.0. The van der Waals surface area contributed by atoms with Crippen LogP contribution in [0.15, 0.2) is 36.4 Å². The Kier molecular flexibility index (Phi) is 5.16. The van der Waals surface area contributed by atoms with Crippen LogP contribution in [-0.2, 0) is 4.79 Å². The molecule has 1 aliphatic heterocycles. The summed E-state index contributed by atoms with van der Waals surface area (Å²) < 4.78 is 10.7. The van der Waals surface area contributed by atoms with E-state index in [1.54, 1.807) is 31.4 Å². The molecule has 3 rings (SSSR count). The zero-order valence-corrected chi connectivity index (χ0v) is 14.9. The Morgan fingerprint density at radius 3 is 2.40 bits per heavy atom. The van der Waals surface area contributed by atoms with E-state index in [1.807, 2.05) is 0 Å². The highest BCUT2D eigenvalue weighted by molar-refractivity contribution is 6.54. The summed E-state index contributed by atoms with van der Waals surface area (Å²) in [6.07, 6.45) is 0.545. The number of hydrogen-bond acceptors (Lipinski definition) is 4. The summed E-state index contributed by atoms with van der Waals surface area (Å²) in [6, 6.07) is 10.2. The SMILES string of the molecule is COc1ccc(OCCCN2C(=O)C(=O)c3cc(Cl)cc(Cl)c32)cc1. The molecule has 0 radical (unpaired) electrons. The average Bonchev–Trinajstić information content (AvgIpc) is 2.84. The van der Waals surface area contributed by atoms with Gasteiger partial charge in [0.05, 0.1) is 30.0 Å². The summed E-state index contributed by atoms with van der Waals surface area (Å²) in [4.78, 5) is 25.6. The number of halogens is 2. The van der Waals surface area contributed by atoms with Gasteiger partial charge in [-0.1, -0.05) is 23.2 Å². The molecule has 0 N–H and O–H groups in total. The van der Waals surface area contributed by atoms with Crippen LogP contribution in [0.25, 0.3) is 0 Å². The van der Waals surface area contributed by atoms with Crippen molar-refractivity contribution in [3.63, 3.8) is 0 Å². The number of fused-ring (bicyclic) bond motifs is 1. The highest BCUT2D eigenvalue weighted by Crippen LogP contribution is 2.38. The van der Waals surface area contributed by atoms with Crippen LogP contribution in [0.2, 0.25) is 10.0 Å². The highest BCUT2D eigenvalue weighted by Gasteiger charge is 2.37. The molecule has 130 valence electrons. The Labute approximate surface area is 155 Å². The molecule has 0 bridgehead atoms.